The van der Waals surface area contributed by atoms with Crippen molar-refractivity contribution in [3.05, 3.63) is 87.0 Å². The maximum Gasteiger partial charge on any atom is 0.291 e. The number of fused-ring (bicyclic) bond motifs is 3. The number of nitrogens with zero attached hydrogens (tertiary/aromatic N) is 4. The van der Waals surface area contributed by atoms with E-state index in [2.05, 4.69) is 5.10 Å². The highest BCUT2D eigenvalue weighted by Crippen LogP contribution is 2.31. The predicted molar refractivity (Wildman–Crippen MR) is 117 cm³/mol. The number of aromatic nitrogens is 4. The lowest BCUT2D eigenvalue weighted by Gasteiger charge is -2.06. The summed E-state index contributed by atoms with van der Waals surface area (Å²) in [5, 5.41) is 6.09. The highest BCUT2D eigenvalue weighted by molar-refractivity contribution is 7.19. The molecule has 0 aliphatic carbocycles. The Bertz CT molecular complexity index is 1450. The molecule has 0 aliphatic heterocycles. The van der Waals surface area contributed by atoms with Gasteiger partial charge in [-0.1, -0.05) is 24.3 Å². The van der Waals surface area contributed by atoms with Crippen molar-refractivity contribution in [1.82, 2.24) is 19.3 Å². The van der Waals surface area contributed by atoms with E-state index in [1.54, 1.807) is 18.3 Å². The van der Waals surface area contributed by atoms with Gasteiger partial charge in [0.05, 0.1) is 17.4 Å². The van der Waals surface area contributed by atoms with Gasteiger partial charge in [0.15, 0.2) is 5.65 Å². The molecule has 0 spiro atoms. The number of nitrogen functional groups attached to an aromatic ring is 1. The lowest BCUT2D eigenvalue weighted by atomic mass is 10.2. The summed E-state index contributed by atoms with van der Waals surface area (Å²) in [5.41, 5.74) is 9.57. The Morgan fingerprint density at radius 3 is 2.70 bits per heavy atom. The Hall–Kier alpha value is -3.52. The van der Waals surface area contributed by atoms with Gasteiger partial charge < -0.3 is 10.3 Å². The van der Waals surface area contributed by atoms with Gasteiger partial charge in [-0.05, 0) is 35.4 Å². The average molecular weight is 419 g/mol. The topological polar surface area (TPSA) is 78.7 Å². The van der Waals surface area contributed by atoms with Gasteiger partial charge in [0.25, 0.3) is 5.56 Å². The van der Waals surface area contributed by atoms with Gasteiger partial charge >= 0.3 is 0 Å². The number of thiazole rings is 1. The monoisotopic (exact) mass is 419 g/mol. The standard InChI is InChI=1S/C22H18FN5OS/c1-27-19-17(11-25-28(22(19)29)12-14-3-2-4-16(24)9-14)20-21(27)26-18(30-20)10-13-5-7-15(23)8-6-13/h2-9,11H,10,12,24H2,1H3. The molecule has 0 bridgehead atoms. The molecule has 3 aromatic heterocycles. The van der Waals surface area contributed by atoms with E-state index in [0.29, 0.717) is 24.2 Å². The number of anilines is 1. The van der Waals surface area contributed by atoms with Crippen molar-refractivity contribution in [1.29, 1.82) is 0 Å². The summed E-state index contributed by atoms with van der Waals surface area (Å²) < 4.78 is 17.3. The molecular weight excluding hydrogens is 401 g/mol. The minimum absolute atomic E-state index is 0.164. The predicted octanol–water partition coefficient (Wildman–Crippen LogP) is 3.71. The van der Waals surface area contributed by atoms with Crippen LogP contribution in [0, 0.1) is 5.82 Å². The van der Waals surface area contributed by atoms with Crippen LogP contribution in [0.5, 0.6) is 0 Å². The first-order valence-corrected chi connectivity index (χ1v) is 10.2. The summed E-state index contributed by atoms with van der Waals surface area (Å²) in [5.74, 6) is -0.255. The molecule has 30 heavy (non-hydrogen) atoms. The lowest BCUT2D eigenvalue weighted by Crippen LogP contribution is -2.24. The van der Waals surface area contributed by atoms with Crippen LogP contribution in [-0.2, 0) is 20.0 Å². The quantitative estimate of drug-likeness (QED) is 0.451. The Balaban J connectivity index is 1.55. The van der Waals surface area contributed by atoms with Crippen molar-refractivity contribution in [2.45, 2.75) is 13.0 Å². The normalized spacial score (nSPS) is 11.5. The van der Waals surface area contributed by atoms with E-state index in [-0.39, 0.29) is 11.4 Å². The smallest absolute Gasteiger partial charge is 0.291 e. The van der Waals surface area contributed by atoms with Crippen LogP contribution in [-0.4, -0.2) is 19.3 Å². The number of rotatable bonds is 4. The Labute approximate surface area is 175 Å². The largest absolute Gasteiger partial charge is 0.399 e. The van der Waals surface area contributed by atoms with Crippen LogP contribution < -0.4 is 11.3 Å². The maximum atomic E-state index is 13.1. The van der Waals surface area contributed by atoms with Crippen molar-refractivity contribution in [2.75, 3.05) is 5.73 Å². The third kappa shape index (κ3) is 3.15. The number of nitrogens with two attached hydrogens (primary N) is 1. The zero-order valence-corrected chi connectivity index (χ0v) is 17.0. The molecule has 0 radical (unpaired) electrons. The van der Waals surface area contributed by atoms with Crippen LogP contribution in [0.4, 0.5) is 10.1 Å². The Kier molecular flexibility index (Phi) is 4.36. The van der Waals surface area contributed by atoms with Crippen molar-refractivity contribution in [3.8, 4) is 0 Å². The van der Waals surface area contributed by atoms with Gasteiger partial charge in [0, 0.05) is 24.5 Å². The third-order valence-electron chi connectivity index (χ3n) is 5.12. The highest BCUT2D eigenvalue weighted by Gasteiger charge is 2.18. The van der Waals surface area contributed by atoms with E-state index < -0.39 is 0 Å². The van der Waals surface area contributed by atoms with Gasteiger partial charge in [-0.2, -0.15) is 5.10 Å². The second kappa shape index (κ2) is 7.07. The molecule has 0 aliphatic rings. The highest BCUT2D eigenvalue weighted by atomic mass is 32.1. The van der Waals surface area contributed by atoms with Gasteiger partial charge in [-0.15, -0.1) is 11.3 Å². The molecule has 0 unspecified atom stereocenters. The fraction of sp³-hybridized carbons (Fsp3) is 0.136. The Morgan fingerprint density at radius 1 is 1.13 bits per heavy atom. The number of halogens is 1. The first kappa shape index (κ1) is 18.5. The lowest BCUT2D eigenvalue weighted by molar-refractivity contribution is 0.627. The van der Waals surface area contributed by atoms with Crippen LogP contribution >= 0.6 is 11.3 Å². The molecular formula is C22H18FN5OS. The van der Waals surface area contributed by atoms with E-state index in [0.717, 1.165) is 31.9 Å². The summed E-state index contributed by atoms with van der Waals surface area (Å²) in [7, 11) is 1.85. The Morgan fingerprint density at radius 2 is 1.93 bits per heavy atom. The van der Waals surface area contributed by atoms with E-state index in [4.69, 9.17) is 10.7 Å². The second-order valence-corrected chi connectivity index (χ2v) is 8.32. The number of benzene rings is 2. The van der Waals surface area contributed by atoms with Crippen LogP contribution in [0.15, 0.2) is 59.5 Å². The average Bonchev–Trinajstić information content (AvgIpc) is 3.24. The second-order valence-electron chi connectivity index (χ2n) is 7.24. The molecule has 5 aromatic rings. The summed E-state index contributed by atoms with van der Waals surface area (Å²) >= 11 is 1.54. The maximum absolute atomic E-state index is 13.1. The molecule has 5 rings (SSSR count). The van der Waals surface area contributed by atoms with Crippen LogP contribution in [0.2, 0.25) is 0 Å². The summed E-state index contributed by atoms with van der Waals surface area (Å²) in [6.07, 6.45) is 2.34. The van der Waals surface area contributed by atoms with E-state index in [1.165, 1.54) is 28.2 Å². The van der Waals surface area contributed by atoms with Crippen molar-refractivity contribution < 1.29 is 4.39 Å². The van der Waals surface area contributed by atoms with Crippen LogP contribution in [0.3, 0.4) is 0 Å². The van der Waals surface area contributed by atoms with E-state index in [1.807, 2.05) is 35.9 Å². The molecule has 0 atom stereocenters. The first-order chi connectivity index (χ1) is 14.5. The van der Waals surface area contributed by atoms with Gasteiger partial charge in [-0.3, -0.25) is 4.79 Å². The fourth-order valence-corrected chi connectivity index (χ4v) is 4.80. The number of hydrogen-bond acceptors (Lipinski definition) is 5. The van der Waals surface area contributed by atoms with Crippen molar-refractivity contribution in [2.24, 2.45) is 7.05 Å². The number of aryl methyl sites for hydroxylation is 1. The first-order valence-electron chi connectivity index (χ1n) is 9.42. The molecule has 8 heteroatoms. The van der Waals surface area contributed by atoms with Gasteiger partial charge in [0.2, 0.25) is 0 Å². The molecule has 0 fully saturated rings. The zero-order valence-electron chi connectivity index (χ0n) is 16.2. The summed E-state index contributed by atoms with van der Waals surface area (Å²) in [6.45, 7) is 0.349. The molecule has 2 N–H and O–H groups in total. The van der Waals surface area contributed by atoms with Crippen LogP contribution in [0.1, 0.15) is 16.1 Å². The minimum atomic E-state index is -0.255. The SMILES string of the molecule is Cn1c2nc(Cc3ccc(F)cc3)sc2c2cnn(Cc3cccc(N)c3)c(=O)c21. The summed E-state index contributed by atoms with van der Waals surface area (Å²) in [4.78, 5) is 17.8. The molecule has 0 saturated carbocycles. The summed E-state index contributed by atoms with van der Waals surface area (Å²) in [6, 6.07) is 13.8. The van der Waals surface area contributed by atoms with Gasteiger partial charge in [0.1, 0.15) is 16.3 Å². The molecule has 6 nitrogen and oxygen atoms in total. The third-order valence-corrected chi connectivity index (χ3v) is 6.20. The van der Waals surface area contributed by atoms with Crippen LogP contribution in [0.25, 0.3) is 21.3 Å². The van der Waals surface area contributed by atoms with Crippen molar-refractivity contribution in [3.63, 3.8) is 0 Å². The minimum Gasteiger partial charge on any atom is -0.399 e. The fourth-order valence-electron chi connectivity index (χ4n) is 3.66. The molecule has 0 amide bonds. The van der Waals surface area contributed by atoms with E-state index in [9.17, 15) is 9.18 Å². The number of hydrogen-bond donors (Lipinski definition) is 1. The van der Waals surface area contributed by atoms with Crippen molar-refractivity contribution >= 4 is 38.3 Å². The molecule has 150 valence electrons. The molecule has 3 heterocycles. The van der Waals surface area contributed by atoms with Gasteiger partial charge in [-0.25, -0.2) is 14.1 Å². The molecule has 0 saturated heterocycles. The molecule has 2 aromatic carbocycles. The van der Waals surface area contributed by atoms with E-state index >= 15 is 0 Å². The zero-order chi connectivity index (χ0) is 20.8.